The van der Waals surface area contributed by atoms with Gasteiger partial charge in [-0.05, 0) is 31.4 Å². The van der Waals surface area contributed by atoms with Crippen LogP contribution in [0.5, 0.6) is 0 Å². The molecule has 0 saturated carbocycles. The highest BCUT2D eigenvalue weighted by molar-refractivity contribution is 5.80. The second-order valence-corrected chi connectivity index (χ2v) is 3.90. The molecule has 1 N–H and O–H groups in total. The maximum Gasteiger partial charge on any atom is 0.328 e. The van der Waals surface area contributed by atoms with Crippen LogP contribution in [-0.4, -0.2) is 19.1 Å². The van der Waals surface area contributed by atoms with Gasteiger partial charge in [-0.2, -0.15) is 0 Å². The van der Waals surface area contributed by atoms with Crippen molar-refractivity contribution in [3.05, 3.63) is 29.3 Å². The van der Waals surface area contributed by atoms with Gasteiger partial charge in [0.15, 0.2) is 0 Å². The van der Waals surface area contributed by atoms with Gasteiger partial charge in [0, 0.05) is 5.69 Å². The Kier molecular flexibility index (Phi) is 4.35. The van der Waals surface area contributed by atoms with Crippen LogP contribution >= 0.6 is 0 Å². The summed E-state index contributed by atoms with van der Waals surface area (Å²) in [5.41, 5.74) is 3.31. The molecule has 16 heavy (non-hydrogen) atoms. The molecule has 0 unspecified atom stereocenters. The van der Waals surface area contributed by atoms with Gasteiger partial charge < -0.3 is 10.1 Å². The third-order valence-electron chi connectivity index (χ3n) is 2.69. The minimum absolute atomic E-state index is 0.217. The maximum atomic E-state index is 11.5. The summed E-state index contributed by atoms with van der Waals surface area (Å²) in [6, 6.07) is 5.79. The van der Waals surface area contributed by atoms with Crippen molar-refractivity contribution in [3.8, 4) is 0 Å². The molecular weight excluding hydrogens is 202 g/mol. The van der Waals surface area contributed by atoms with Crippen LogP contribution in [0.15, 0.2) is 18.2 Å². The number of rotatable bonds is 4. The summed E-state index contributed by atoms with van der Waals surface area (Å²) in [7, 11) is 1.41. The molecule has 0 heterocycles. The fraction of sp³-hybridized carbons (Fsp3) is 0.462. The predicted molar refractivity (Wildman–Crippen MR) is 65.6 cm³/mol. The lowest BCUT2D eigenvalue weighted by Gasteiger charge is -2.19. The van der Waals surface area contributed by atoms with Crippen molar-refractivity contribution in [1.29, 1.82) is 0 Å². The maximum absolute atomic E-state index is 11.5. The van der Waals surface area contributed by atoms with E-state index < -0.39 is 0 Å². The van der Waals surface area contributed by atoms with E-state index in [0.29, 0.717) is 6.42 Å². The summed E-state index contributed by atoms with van der Waals surface area (Å²) >= 11 is 0. The van der Waals surface area contributed by atoms with Crippen LogP contribution < -0.4 is 5.32 Å². The second kappa shape index (κ2) is 5.54. The lowest BCUT2D eigenvalue weighted by molar-refractivity contribution is -0.141. The molecule has 0 aliphatic rings. The van der Waals surface area contributed by atoms with Crippen molar-refractivity contribution >= 4 is 11.7 Å². The number of aryl methyl sites for hydroxylation is 2. The first-order valence-corrected chi connectivity index (χ1v) is 5.50. The monoisotopic (exact) mass is 221 g/mol. The molecule has 0 aliphatic carbocycles. The Balaban J connectivity index is 2.90. The predicted octanol–water partition coefficient (Wildman–Crippen LogP) is 2.67. The number of nitrogens with one attached hydrogen (secondary N) is 1. The van der Waals surface area contributed by atoms with Gasteiger partial charge in [-0.3, -0.25) is 0 Å². The quantitative estimate of drug-likeness (QED) is 0.794. The lowest BCUT2D eigenvalue weighted by Crippen LogP contribution is -2.30. The molecule has 1 rings (SSSR count). The van der Waals surface area contributed by atoms with E-state index in [2.05, 4.69) is 5.32 Å². The van der Waals surface area contributed by atoms with E-state index in [-0.39, 0.29) is 12.0 Å². The molecule has 0 bridgehead atoms. The number of ether oxygens (including phenoxy) is 1. The zero-order valence-electron chi connectivity index (χ0n) is 10.3. The fourth-order valence-corrected chi connectivity index (χ4v) is 1.69. The highest BCUT2D eigenvalue weighted by Crippen LogP contribution is 2.21. The molecular formula is C13H19NO2. The van der Waals surface area contributed by atoms with Gasteiger partial charge >= 0.3 is 5.97 Å². The molecule has 0 saturated heterocycles. The van der Waals surface area contributed by atoms with E-state index in [1.54, 1.807) is 0 Å². The lowest BCUT2D eigenvalue weighted by atomic mass is 10.1. The van der Waals surface area contributed by atoms with E-state index >= 15 is 0 Å². The Morgan fingerprint density at radius 1 is 1.38 bits per heavy atom. The first-order chi connectivity index (χ1) is 7.60. The van der Waals surface area contributed by atoms with Crippen LogP contribution in [0.2, 0.25) is 0 Å². The second-order valence-electron chi connectivity index (χ2n) is 3.90. The van der Waals surface area contributed by atoms with Crippen LogP contribution in [0.25, 0.3) is 0 Å². The smallest absolute Gasteiger partial charge is 0.328 e. The van der Waals surface area contributed by atoms with Crippen molar-refractivity contribution in [2.24, 2.45) is 0 Å². The molecule has 0 aliphatic heterocycles. The largest absolute Gasteiger partial charge is 0.467 e. The summed E-state index contributed by atoms with van der Waals surface area (Å²) in [5, 5.41) is 3.24. The van der Waals surface area contributed by atoms with Crippen LogP contribution in [-0.2, 0) is 9.53 Å². The van der Waals surface area contributed by atoms with Gasteiger partial charge in [0.2, 0.25) is 0 Å². The highest BCUT2D eigenvalue weighted by atomic mass is 16.5. The first kappa shape index (κ1) is 12.6. The number of anilines is 1. The third kappa shape index (κ3) is 2.75. The van der Waals surface area contributed by atoms with Gasteiger partial charge in [0.05, 0.1) is 7.11 Å². The molecule has 1 atom stereocenters. The number of carbonyl (C=O) groups is 1. The van der Waals surface area contributed by atoms with Gasteiger partial charge in [-0.1, -0.05) is 25.1 Å². The van der Waals surface area contributed by atoms with E-state index in [9.17, 15) is 4.79 Å². The van der Waals surface area contributed by atoms with Crippen LogP contribution in [0, 0.1) is 13.8 Å². The van der Waals surface area contributed by atoms with Gasteiger partial charge in [-0.15, -0.1) is 0 Å². The SMILES string of the molecule is CC[C@@H](Nc1c(C)cccc1C)C(=O)OC. The van der Waals surface area contributed by atoms with E-state index in [0.717, 1.165) is 16.8 Å². The van der Waals surface area contributed by atoms with Crippen LogP contribution in [0.1, 0.15) is 24.5 Å². The van der Waals surface area contributed by atoms with E-state index in [1.807, 2.05) is 39.0 Å². The number of esters is 1. The summed E-state index contributed by atoms with van der Waals surface area (Å²) in [6.45, 7) is 6.01. The Morgan fingerprint density at radius 2 is 1.94 bits per heavy atom. The normalized spacial score (nSPS) is 12.0. The molecule has 0 radical (unpaired) electrons. The minimum Gasteiger partial charge on any atom is -0.467 e. The molecule has 88 valence electrons. The van der Waals surface area contributed by atoms with E-state index in [4.69, 9.17) is 4.74 Å². The van der Waals surface area contributed by atoms with Crippen molar-refractivity contribution < 1.29 is 9.53 Å². The van der Waals surface area contributed by atoms with Gasteiger partial charge in [0.25, 0.3) is 0 Å². The fourth-order valence-electron chi connectivity index (χ4n) is 1.69. The number of para-hydroxylation sites is 1. The van der Waals surface area contributed by atoms with Crippen molar-refractivity contribution in [2.45, 2.75) is 33.2 Å². The van der Waals surface area contributed by atoms with Gasteiger partial charge in [-0.25, -0.2) is 4.79 Å². The average molecular weight is 221 g/mol. The number of carbonyl (C=O) groups excluding carboxylic acids is 1. The minimum atomic E-state index is -0.273. The molecule has 0 spiro atoms. The molecule has 3 heteroatoms. The van der Waals surface area contributed by atoms with Crippen molar-refractivity contribution in [3.63, 3.8) is 0 Å². The van der Waals surface area contributed by atoms with Crippen molar-refractivity contribution in [2.75, 3.05) is 12.4 Å². The van der Waals surface area contributed by atoms with Gasteiger partial charge in [0.1, 0.15) is 6.04 Å². The van der Waals surface area contributed by atoms with E-state index in [1.165, 1.54) is 7.11 Å². The number of hydrogen-bond donors (Lipinski definition) is 1. The third-order valence-corrected chi connectivity index (χ3v) is 2.69. The zero-order chi connectivity index (χ0) is 12.1. The zero-order valence-corrected chi connectivity index (χ0v) is 10.3. The number of benzene rings is 1. The standard InChI is InChI=1S/C13H19NO2/c1-5-11(13(15)16-4)14-12-9(2)7-6-8-10(12)3/h6-8,11,14H,5H2,1-4H3/t11-/m1/s1. The van der Waals surface area contributed by atoms with Crippen molar-refractivity contribution in [1.82, 2.24) is 0 Å². The summed E-state index contributed by atoms with van der Waals surface area (Å²) in [4.78, 5) is 11.5. The Hall–Kier alpha value is -1.51. The molecule has 3 nitrogen and oxygen atoms in total. The molecule has 0 aromatic heterocycles. The molecule has 1 aromatic carbocycles. The molecule has 1 aromatic rings. The molecule has 0 fully saturated rings. The number of hydrogen-bond acceptors (Lipinski definition) is 3. The molecule has 0 amide bonds. The highest BCUT2D eigenvalue weighted by Gasteiger charge is 2.17. The summed E-state index contributed by atoms with van der Waals surface area (Å²) in [5.74, 6) is -0.217. The summed E-state index contributed by atoms with van der Waals surface area (Å²) < 4.78 is 4.75. The first-order valence-electron chi connectivity index (χ1n) is 5.50. The summed E-state index contributed by atoms with van der Waals surface area (Å²) in [6.07, 6.45) is 0.709. The Morgan fingerprint density at radius 3 is 2.38 bits per heavy atom. The average Bonchev–Trinajstić information content (AvgIpc) is 2.28. The number of methoxy groups -OCH3 is 1. The Labute approximate surface area is 96.8 Å². The Bertz CT molecular complexity index is 354. The van der Waals surface area contributed by atoms with Crippen LogP contribution in [0.4, 0.5) is 5.69 Å². The topological polar surface area (TPSA) is 38.3 Å². The van der Waals surface area contributed by atoms with Crippen LogP contribution in [0.3, 0.4) is 0 Å².